The van der Waals surface area contributed by atoms with E-state index < -0.39 is 17.8 Å². The van der Waals surface area contributed by atoms with E-state index in [4.69, 9.17) is 16.2 Å². The zero-order chi connectivity index (χ0) is 14.4. The molecule has 0 heterocycles. The minimum Gasteiger partial charge on any atom is -0.490 e. The lowest BCUT2D eigenvalue weighted by Crippen LogP contribution is -2.34. The zero-order valence-electron chi connectivity index (χ0n) is 10.6. The van der Waals surface area contributed by atoms with Crippen molar-refractivity contribution in [2.24, 2.45) is 5.73 Å². The first-order chi connectivity index (χ1) is 8.95. The summed E-state index contributed by atoms with van der Waals surface area (Å²) in [5, 5.41) is 12.0. The van der Waals surface area contributed by atoms with E-state index in [1.54, 1.807) is 0 Å². The molecule has 0 saturated heterocycles. The van der Waals surface area contributed by atoms with Crippen LogP contribution >= 0.6 is 0 Å². The molecule has 0 saturated carbocycles. The van der Waals surface area contributed by atoms with Gasteiger partial charge in [0.15, 0.2) is 11.6 Å². The van der Waals surface area contributed by atoms with Gasteiger partial charge in [-0.25, -0.2) is 4.39 Å². The first-order valence-corrected chi connectivity index (χ1v) is 5.88. The quantitative estimate of drug-likeness (QED) is 0.538. The summed E-state index contributed by atoms with van der Waals surface area (Å²) in [5.41, 5.74) is 11.1. The number of nitrogens with two attached hydrogens (primary N) is 2. The Morgan fingerprint density at radius 3 is 2.84 bits per heavy atom. The Morgan fingerprint density at radius 1 is 1.58 bits per heavy atom. The van der Waals surface area contributed by atoms with E-state index >= 15 is 0 Å². The molecule has 1 aromatic carbocycles. The van der Waals surface area contributed by atoms with E-state index in [2.05, 4.69) is 5.32 Å². The van der Waals surface area contributed by atoms with Gasteiger partial charge in [-0.2, -0.15) is 0 Å². The van der Waals surface area contributed by atoms with E-state index in [9.17, 15) is 14.3 Å². The fraction of sp³-hybridized carbons (Fsp3) is 0.417. The number of hydrogen-bond donors (Lipinski definition) is 4. The molecule has 6 N–H and O–H groups in total. The summed E-state index contributed by atoms with van der Waals surface area (Å²) in [6.07, 6.45) is -0.600. The van der Waals surface area contributed by atoms with E-state index in [0.29, 0.717) is 12.3 Å². The number of rotatable bonds is 7. The first kappa shape index (κ1) is 15.0. The number of nitrogen functional groups attached to an aromatic ring is 1. The summed E-state index contributed by atoms with van der Waals surface area (Å²) in [7, 11) is 0. The fourth-order valence-electron chi connectivity index (χ4n) is 1.35. The molecule has 106 valence electrons. The molecule has 19 heavy (non-hydrogen) atoms. The van der Waals surface area contributed by atoms with Gasteiger partial charge >= 0.3 is 0 Å². The van der Waals surface area contributed by atoms with Gasteiger partial charge in [0.05, 0.1) is 18.0 Å². The van der Waals surface area contributed by atoms with Crippen molar-refractivity contribution in [3.63, 3.8) is 0 Å². The Morgan fingerprint density at radius 2 is 2.26 bits per heavy atom. The van der Waals surface area contributed by atoms with Crippen molar-refractivity contribution in [3.8, 4) is 5.75 Å². The number of primary amides is 1. The average molecular weight is 271 g/mol. The Hall–Kier alpha value is -2.02. The van der Waals surface area contributed by atoms with Crippen molar-refractivity contribution in [3.05, 3.63) is 17.9 Å². The second-order valence-electron chi connectivity index (χ2n) is 4.02. The molecular formula is C12H18FN3O3. The topological polar surface area (TPSA) is 111 Å². The minimum absolute atomic E-state index is 0.0621. The van der Waals surface area contributed by atoms with Gasteiger partial charge in [-0.3, -0.25) is 4.79 Å². The number of aliphatic hydroxyl groups excluding tert-OH is 1. The lowest BCUT2D eigenvalue weighted by atomic mass is 10.2. The standard InChI is InChI=1S/C12H18FN3O3/c1-2-3-19-11-5-9(8(14)4-7(11)13)16-6-10(17)12(15)18/h4-5,10,16-17H,2-3,6,14H2,1H3,(H2,15,18). The van der Waals surface area contributed by atoms with Gasteiger partial charge < -0.3 is 26.6 Å². The van der Waals surface area contributed by atoms with Crippen LogP contribution in [0.5, 0.6) is 5.75 Å². The van der Waals surface area contributed by atoms with Crippen molar-refractivity contribution in [1.29, 1.82) is 0 Å². The van der Waals surface area contributed by atoms with Crippen molar-refractivity contribution >= 4 is 17.3 Å². The number of carbonyl (C=O) groups excluding carboxylic acids is 1. The molecular weight excluding hydrogens is 253 g/mol. The van der Waals surface area contributed by atoms with Gasteiger partial charge in [-0.05, 0) is 6.42 Å². The van der Waals surface area contributed by atoms with Gasteiger partial charge in [0.25, 0.3) is 0 Å². The van der Waals surface area contributed by atoms with Crippen molar-refractivity contribution in [2.45, 2.75) is 19.4 Å². The summed E-state index contributed by atoms with van der Waals surface area (Å²) in [5.74, 6) is -1.35. The Kier molecular flexibility index (Phi) is 5.37. The third-order valence-corrected chi connectivity index (χ3v) is 2.38. The van der Waals surface area contributed by atoms with Crippen LogP contribution in [0.4, 0.5) is 15.8 Å². The van der Waals surface area contributed by atoms with Gasteiger partial charge in [0.1, 0.15) is 6.10 Å². The van der Waals surface area contributed by atoms with Crippen LogP contribution in [-0.4, -0.2) is 30.3 Å². The summed E-state index contributed by atoms with van der Waals surface area (Å²) in [6, 6.07) is 2.50. The van der Waals surface area contributed by atoms with E-state index in [-0.39, 0.29) is 18.0 Å². The third kappa shape index (κ3) is 4.29. The predicted molar refractivity (Wildman–Crippen MR) is 70.3 cm³/mol. The molecule has 0 spiro atoms. The number of nitrogens with one attached hydrogen (secondary N) is 1. The normalized spacial score (nSPS) is 11.9. The number of hydrogen-bond acceptors (Lipinski definition) is 5. The Balaban J connectivity index is 2.79. The van der Waals surface area contributed by atoms with Gasteiger partial charge in [-0.15, -0.1) is 0 Å². The van der Waals surface area contributed by atoms with Crippen LogP contribution in [-0.2, 0) is 4.79 Å². The molecule has 1 atom stereocenters. The maximum Gasteiger partial charge on any atom is 0.248 e. The van der Waals surface area contributed by atoms with Crippen LogP contribution < -0.4 is 21.5 Å². The molecule has 0 radical (unpaired) electrons. The number of halogens is 1. The molecule has 1 aromatic rings. The molecule has 7 heteroatoms. The summed E-state index contributed by atoms with van der Waals surface area (Å²) >= 11 is 0. The number of ether oxygens (including phenoxy) is 1. The molecule has 0 bridgehead atoms. The second-order valence-corrected chi connectivity index (χ2v) is 4.02. The van der Waals surface area contributed by atoms with Gasteiger partial charge in [0, 0.05) is 18.7 Å². The van der Waals surface area contributed by atoms with Crippen molar-refractivity contribution < 1.29 is 19.0 Å². The lowest BCUT2D eigenvalue weighted by Gasteiger charge is -2.14. The van der Waals surface area contributed by atoms with Crippen LogP contribution in [0, 0.1) is 5.82 Å². The minimum atomic E-state index is -1.34. The molecule has 0 aliphatic rings. The molecule has 0 aliphatic heterocycles. The molecule has 0 fully saturated rings. The number of aliphatic hydroxyl groups is 1. The van der Waals surface area contributed by atoms with Crippen LogP contribution in [0.1, 0.15) is 13.3 Å². The maximum absolute atomic E-state index is 13.5. The number of carbonyl (C=O) groups is 1. The molecule has 0 aliphatic carbocycles. The van der Waals surface area contributed by atoms with E-state index in [1.165, 1.54) is 6.07 Å². The summed E-state index contributed by atoms with van der Waals surface area (Å²) in [4.78, 5) is 10.7. The largest absolute Gasteiger partial charge is 0.490 e. The highest BCUT2D eigenvalue weighted by molar-refractivity contribution is 5.79. The second kappa shape index (κ2) is 6.79. The van der Waals surface area contributed by atoms with E-state index in [0.717, 1.165) is 12.5 Å². The number of benzene rings is 1. The van der Waals surface area contributed by atoms with Crippen molar-refractivity contribution in [1.82, 2.24) is 0 Å². The fourth-order valence-corrected chi connectivity index (χ4v) is 1.35. The number of anilines is 2. The molecule has 6 nitrogen and oxygen atoms in total. The molecule has 1 rings (SSSR count). The molecule has 0 aromatic heterocycles. The lowest BCUT2D eigenvalue weighted by molar-refractivity contribution is -0.125. The Bertz CT molecular complexity index is 454. The number of amides is 1. The van der Waals surface area contributed by atoms with Crippen LogP contribution in [0.3, 0.4) is 0 Å². The highest BCUT2D eigenvalue weighted by Gasteiger charge is 2.13. The summed E-state index contributed by atoms with van der Waals surface area (Å²) in [6.45, 7) is 2.17. The first-order valence-electron chi connectivity index (χ1n) is 5.88. The molecule has 1 unspecified atom stereocenters. The predicted octanol–water partition coefficient (Wildman–Crippen LogP) is 0.455. The van der Waals surface area contributed by atoms with Gasteiger partial charge in [-0.1, -0.05) is 6.92 Å². The summed E-state index contributed by atoms with van der Waals surface area (Å²) < 4.78 is 18.7. The highest BCUT2D eigenvalue weighted by Crippen LogP contribution is 2.28. The maximum atomic E-state index is 13.5. The third-order valence-electron chi connectivity index (χ3n) is 2.38. The van der Waals surface area contributed by atoms with Crippen LogP contribution in [0.2, 0.25) is 0 Å². The highest BCUT2D eigenvalue weighted by atomic mass is 19.1. The average Bonchev–Trinajstić information content (AvgIpc) is 2.36. The van der Waals surface area contributed by atoms with Crippen LogP contribution in [0.15, 0.2) is 12.1 Å². The Labute approximate surface area is 110 Å². The van der Waals surface area contributed by atoms with E-state index in [1.807, 2.05) is 6.92 Å². The zero-order valence-corrected chi connectivity index (χ0v) is 10.6. The molecule has 1 amide bonds. The van der Waals surface area contributed by atoms with Crippen LogP contribution in [0.25, 0.3) is 0 Å². The SMILES string of the molecule is CCCOc1cc(NCC(O)C(N)=O)c(N)cc1F. The smallest absolute Gasteiger partial charge is 0.248 e. The monoisotopic (exact) mass is 271 g/mol. The van der Waals surface area contributed by atoms with Crippen molar-refractivity contribution in [2.75, 3.05) is 24.2 Å². The van der Waals surface area contributed by atoms with Gasteiger partial charge in [0.2, 0.25) is 5.91 Å².